The fraction of sp³-hybridized carbons (Fsp3) is 0.538. The maximum absolute atomic E-state index is 10.0. The molecule has 0 aromatic heterocycles. The standard InChI is InChI=1S/C13H19Br2NO.ClH/c1-8(2)3-4-12(17)13(16)9-5-10(14)7-11(15)6-9;/h5-8,12-13,17H,3-4,16H2,1-2H3;1H/t12-,13+;/m1./s1. The molecule has 0 saturated heterocycles. The molecule has 1 aromatic rings. The molecule has 0 aliphatic heterocycles. The van der Waals surface area contributed by atoms with Crippen LogP contribution in [0.2, 0.25) is 0 Å². The summed E-state index contributed by atoms with van der Waals surface area (Å²) in [4.78, 5) is 0. The van der Waals surface area contributed by atoms with E-state index in [2.05, 4.69) is 45.7 Å². The predicted molar refractivity (Wildman–Crippen MR) is 86.1 cm³/mol. The van der Waals surface area contributed by atoms with Gasteiger partial charge in [0.25, 0.3) is 0 Å². The van der Waals surface area contributed by atoms with Crippen LogP contribution in [0.5, 0.6) is 0 Å². The summed E-state index contributed by atoms with van der Waals surface area (Å²) in [6.07, 6.45) is 1.24. The highest BCUT2D eigenvalue weighted by Crippen LogP contribution is 2.26. The van der Waals surface area contributed by atoms with Crippen molar-refractivity contribution in [3.63, 3.8) is 0 Å². The number of aliphatic hydroxyl groups excluding tert-OH is 1. The Kier molecular flexibility index (Phi) is 8.72. The molecule has 0 aliphatic carbocycles. The first kappa shape index (κ1) is 18.4. The van der Waals surface area contributed by atoms with Crippen molar-refractivity contribution in [3.05, 3.63) is 32.7 Å². The largest absolute Gasteiger partial charge is 0.391 e. The van der Waals surface area contributed by atoms with Crippen molar-refractivity contribution in [3.8, 4) is 0 Å². The van der Waals surface area contributed by atoms with Gasteiger partial charge in [-0.2, -0.15) is 0 Å². The molecular weight excluding hydrogens is 381 g/mol. The van der Waals surface area contributed by atoms with Gasteiger partial charge in [-0.15, -0.1) is 12.4 Å². The molecule has 3 N–H and O–H groups in total. The number of hydrogen-bond donors (Lipinski definition) is 2. The van der Waals surface area contributed by atoms with Crippen LogP contribution in [0, 0.1) is 5.92 Å². The van der Waals surface area contributed by atoms with Crippen LogP contribution < -0.4 is 5.73 Å². The average molecular weight is 402 g/mol. The van der Waals surface area contributed by atoms with Gasteiger partial charge in [-0.05, 0) is 42.5 Å². The van der Waals surface area contributed by atoms with Gasteiger partial charge in [-0.3, -0.25) is 0 Å². The van der Waals surface area contributed by atoms with Crippen molar-refractivity contribution in [2.45, 2.75) is 38.8 Å². The number of rotatable bonds is 5. The molecular formula is C13H20Br2ClNO. The second kappa shape index (κ2) is 8.54. The average Bonchev–Trinajstić information content (AvgIpc) is 2.23. The summed E-state index contributed by atoms with van der Waals surface area (Å²) in [5, 5.41) is 10.0. The van der Waals surface area contributed by atoms with Crippen LogP contribution >= 0.6 is 44.3 Å². The summed E-state index contributed by atoms with van der Waals surface area (Å²) >= 11 is 6.85. The van der Waals surface area contributed by atoms with Gasteiger partial charge in [0.2, 0.25) is 0 Å². The summed E-state index contributed by atoms with van der Waals surface area (Å²) in [6.45, 7) is 4.29. The van der Waals surface area contributed by atoms with E-state index < -0.39 is 6.10 Å². The molecule has 0 aliphatic rings. The number of aliphatic hydroxyl groups is 1. The molecule has 0 radical (unpaired) electrons. The number of hydrogen-bond acceptors (Lipinski definition) is 2. The zero-order valence-electron chi connectivity index (χ0n) is 10.6. The summed E-state index contributed by atoms with van der Waals surface area (Å²) in [5.41, 5.74) is 7.02. The highest BCUT2D eigenvalue weighted by Gasteiger charge is 2.17. The van der Waals surface area contributed by atoms with Crippen LogP contribution in [-0.2, 0) is 0 Å². The van der Waals surface area contributed by atoms with Crippen LogP contribution in [0.15, 0.2) is 27.1 Å². The molecule has 2 atom stereocenters. The topological polar surface area (TPSA) is 46.2 Å². The summed E-state index contributed by atoms with van der Waals surface area (Å²) in [5.74, 6) is 0.589. The van der Waals surface area contributed by atoms with Gasteiger partial charge in [0.1, 0.15) is 0 Å². The summed E-state index contributed by atoms with van der Waals surface area (Å²) < 4.78 is 1.93. The monoisotopic (exact) mass is 399 g/mol. The van der Waals surface area contributed by atoms with Crippen LogP contribution in [-0.4, -0.2) is 11.2 Å². The number of nitrogens with two attached hydrogens (primary N) is 1. The Labute approximate surface area is 132 Å². The first-order chi connectivity index (χ1) is 7.90. The first-order valence-corrected chi connectivity index (χ1v) is 7.38. The van der Waals surface area contributed by atoms with Gasteiger partial charge < -0.3 is 10.8 Å². The predicted octanol–water partition coefficient (Wildman–Crippen LogP) is 4.43. The Hall–Kier alpha value is 0.390. The Morgan fingerprint density at radius 2 is 1.61 bits per heavy atom. The molecule has 0 amide bonds. The molecule has 2 nitrogen and oxygen atoms in total. The highest BCUT2D eigenvalue weighted by molar-refractivity contribution is 9.11. The molecule has 1 aromatic carbocycles. The van der Waals surface area contributed by atoms with Crippen LogP contribution in [0.4, 0.5) is 0 Å². The van der Waals surface area contributed by atoms with Crippen LogP contribution in [0.1, 0.15) is 38.3 Å². The van der Waals surface area contributed by atoms with Crippen molar-refractivity contribution in [2.24, 2.45) is 11.7 Å². The van der Waals surface area contributed by atoms with Gasteiger partial charge in [-0.1, -0.05) is 45.7 Å². The lowest BCUT2D eigenvalue weighted by atomic mass is 9.96. The maximum Gasteiger partial charge on any atom is 0.0732 e. The molecule has 1 rings (SSSR count). The lowest BCUT2D eigenvalue weighted by Gasteiger charge is -2.20. The molecule has 0 fully saturated rings. The highest BCUT2D eigenvalue weighted by atomic mass is 79.9. The lowest BCUT2D eigenvalue weighted by Crippen LogP contribution is -2.26. The minimum Gasteiger partial charge on any atom is -0.391 e. The Morgan fingerprint density at radius 3 is 2.06 bits per heavy atom. The molecule has 0 saturated carbocycles. The molecule has 0 unspecified atom stereocenters. The lowest BCUT2D eigenvalue weighted by molar-refractivity contribution is 0.128. The van der Waals surface area contributed by atoms with E-state index in [-0.39, 0.29) is 18.4 Å². The Morgan fingerprint density at radius 1 is 1.11 bits per heavy atom. The molecule has 104 valence electrons. The summed E-state index contributed by atoms with van der Waals surface area (Å²) in [7, 11) is 0. The van der Waals surface area contributed by atoms with Crippen LogP contribution in [0.3, 0.4) is 0 Å². The van der Waals surface area contributed by atoms with Gasteiger partial charge in [0.05, 0.1) is 12.1 Å². The zero-order valence-corrected chi connectivity index (χ0v) is 14.6. The summed E-state index contributed by atoms with van der Waals surface area (Å²) in [6, 6.07) is 5.53. The first-order valence-electron chi connectivity index (χ1n) is 5.79. The van der Waals surface area contributed by atoms with E-state index >= 15 is 0 Å². The third kappa shape index (κ3) is 6.02. The normalized spacial score (nSPS) is 14.2. The molecule has 0 bridgehead atoms. The molecule has 18 heavy (non-hydrogen) atoms. The quantitative estimate of drug-likeness (QED) is 0.767. The van der Waals surface area contributed by atoms with Gasteiger partial charge in [0.15, 0.2) is 0 Å². The van der Waals surface area contributed by atoms with E-state index in [4.69, 9.17) is 5.73 Å². The van der Waals surface area contributed by atoms with E-state index in [1.54, 1.807) is 0 Å². The third-order valence-electron chi connectivity index (χ3n) is 2.72. The fourth-order valence-corrected chi connectivity index (χ4v) is 3.00. The SMILES string of the molecule is CC(C)CC[C@@H](O)[C@@H](N)c1cc(Br)cc(Br)c1.Cl. The second-order valence-corrected chi connectivity index (χ2v) is 6.60. The van der Waals surface area contributed by atoms with Gasteiger partial charge >= 0.3 is 0 Å². The maximum atomic E-state index is 10.0. The van der Waals surface area contributed by atoms with E-state index in [1.807, 2.05) is 18.2 Å². The zero-order chi connectivity index (χ0) is 13.0. The van der Waals surface area contributed by atoms with Gasteiger partial charge in [-0.25, -0.2) is 0 Å². The van der Waals surface area contributed by atoms with E-state index in [0.717, 1.165) is 27.4 Å². The van der Waals surface area contributed by atoms with Crippen LogP contribution in [0.25, 0.3) is 0 Å². The second-order valence-electron chi connectivity index (χ2n) is 4.77. The van der Waals surface area contributed by atoms with Crippen molar-refractivity contribution in [2.75, 3.05) is 0 Å². The van der Waals surface area contributed by atoms with E-state index in [9.17, 15) is 5.11 Å². The number of halogens is 3. The van der Waals surface area contributed by atoms with Crippen molar-refractivity contribution in [1.82, 2.24) is 0 Å². The minimum absolute atomic E-state index is 0. The smallest absolute Gasteiger partial charge is 0.0732 e. The molecule has 0 heterocycles. The third-order valence-corrected chi connectivity index (χ3v) is 3.64. The Balaban J connectivity index is 0.00000289. The molecule has 5 heteroatoms. The Bertz CT molecular complexity index is 354. The van der Waals surface area contributed by atoms with Gasteiger partial charge in [0, 0.05) is 8.95 Å². The number of benzene rings is 1. The fourth-order valence-electron chi connectivity index (χ4n) is 1.67. The van der Waals surface area contributed by atoms with E-state index in [0.29, 0.717) is 5.92 Å². The van der Waals surface area contributed by atoms with Crippen molar-refractivity contribution >= 4 is 44.3 Å². The van der Waals surface area contributed by atoms with Crippen molar-refractivity contribution in [1.29, 1.82) is 0 Å². The van der Waals surface area contributed by atoms with E-state index in [1.165, 1.54) is 0 Å². The molecule has 0 spiro atoms. The minimum atomic E-state index is -0.487. The van der Waals surface area contributed by atoms with Crippen molar-refractivity contribution < 1.29 is 5.11 Å².